The fraction of sp³-hybridized carbons (Fsp3) is 0.0556. The number of hydrogen-bond acceptors (Lipinski definition) is 5. The summed E-state index contributed by atoms with van der Waals surface area (Å²) in [6.45, 7) is 0. The molecule has 0 saturated carbocycles. The van der Waals surface area contributed by atoms with Crippen molar-refractivity contribution in [2.45, 2.75) is 6.42 Å². The fourth-order valence-electron chi connectivity index (χ4n) is 1.89. The van der Waals surface area contributed by atoms with Gasteiger partial charge in [-0.3, -0.25) is 4.79 Å². The second-order valence-electron chi connectivity index (χ2n) is 4.87. The number of phenols is 1. The largest absolute Gasteiger partial charge is 0.504 e. The monoisotopic (exact) mass is 326 g/mol. The highest BCUT2D eigenvalue weighted by Crippen LogP contribution is 2.27. The summed E-state index contributed by atoms with van der Waals surface area (Å²) in [4.78, 5) is 34.2. The van der Waals surface area contributed by atoms with Crippen LogP contribution in [0.1, 0.15) is 11.1 Å². The number of carboxylic acids is 1. The molecule has 2 aromatic rings. The van der Waals surface area contributed by atoms with E-state index in [0.717, 1.165) is 6.08 Å². The van der Waals surface area contributed by atoms with E-state index in [9.17, 15) is 19.5 Å². The van der Waals surface area contributed by atoms with Gasteiger partial charge in [-0.1, -0.05) is 36.4 Å². The zero-order valence-electron chi connectivity index (χ0n) is 12.5. The van der Waals surface area contributed by atoms with Crippen molar-refractivity contribution in [3.63, 3.8) is 0 Å². The number of esters is 1. The van der Waals surface area contributed by atoms with Gasteiger partial charge in [0.2, 0.25) is 5.78 Å². The number of Topliss-reactive ketones (excluding diaryl/α,β-unsaturated/α-hetero) is 1. The van der Waals surface area contributed by atoms with Gasteiger partial charge in [0.1, 0.15) is 0 Å². The molecule has 0 unspecified atom stereocenters. The van der Waals surface area contributed by atoms with Gasteiger partial charge in [-0.05, 0) is 29.3 Å². The topological polar surface area (TPSA) is 101 Å². The summed E-state index contributed by atoms with van der Waals surface area (Å²) in [5.41, 5.74) is 1.07. The number of phenolic OH excluding ortho intramolecular Hbond substituents is 1. The van der Waals surface area contributed by atoms with Crippen LogP contribution < -0.4 is 4.74 Å². The summed E-state index contributed by atoms with van der Waals surface area (Å²) in [7, 11) is 0. The van der Waals surface area contributed by atoms with E-state index in [0.29, 0.717) is 11.1 Å². The summed E-state index contributed by atoms with van der Waals surface area (Å²) < 4.78 is 4.91. The lowest BCUT2D eigenvalue weighted by atomic mass is 10.1. The van der Waals surface area contributed by atoms with Crippen LogP contribution in [0.4, 0.5) is 0 Å². The fourth-order valence-corrected chi connectivity index (χ4v) is 1.89. The molecule has 0 aromatic heterocycles. The summed E-state index contributed by atoms with van der Waals surface area (Å²) in [5, 5.41) is 18.3. The van der Waals surface area contributed by atoms with E-state index in [-0.39, 0.29) is 17.9 Å². The smallest absolute Gasteiger partial charge is 0.380 e. The lowest BCUT2D eigenvalue weighted by Gasteiger charge is -2.07. The van der Waals surface area contributed by atoms with Crippen molar-refractivity contribution < 1.29 is 29.3 Å². The van der Waals surface area contributed by atoms with Crippen molar-refractivity contribution in [3.05, 3.63) is 65.7 Å². The first-order valence-electron chi connectivity index (χ1n) is 6.98. The van der Waals surface area contributed by atoms with Crippen molar-refractivity contribution in [2.75, 3.05) is 0 Å². The van der Waals surface area contributed by atoms with Crippen molar-refractivity contribution in [1.29, 1.82) is 0 Å². The molecule has 0 atom stereocenters. The molecule has 0 radical (unpaired) electrons. The molecule has 0 amide bonds. The van der Waals surface area contributed by atoms with E-state index in [1.54, 1.807) is 30.3 Å². The van der Waals surface area contributed by atoms with Crippen LogP contribution in [0.2, 0.25) is 0 Å². The number of benzene rings is 2. The average molecular weight is 326 g/mol. The van der Waals surface area contributed by atoms with Crippen molar-refractivity contribution in [3.8, 4) is 11.5 Å². The molecule has 0 saturated heterocycles. The normalized spacial score (nSPS) is 10.5. The van der Waals surface area contributed by atoms with Crippen LogP contribution in [0.5, 0.6) is 11.5 Å². The minimum absolute atomic E-state index is 0.112. The van der Waals surface area contributed by atoms with Crippen molar-refractivity contribution in [1.82, 2.24) is 0 Å². The molecule has 24 heavy (non-hydrogen) atoms. The Bertz CT molecular complexity index is 792. The highest BCUT2D eigenvalue weighted by atomic mass is 16.5. The summed E-state index contributed by atoms with van der Waals surface area (Å²) in [5.74, 6) is -3.54. The Balaban J connectivity index is 2.09. The standard InChI is InChI=1S/C18H14O6/c19-14-8-6-13(7-9-17(21)22)11-16(14)24-18(23)15(20)10-12-4-2-1-3-5-12/h1-9,11,19H,10H2,(H,21,22). The number of hydrogen-bond donors (Lipinski definition) is 2. The molecule has 122 valence electrons. The van der Waals surface area contributed by atoms with Crippen LogP contribution in [0.15, 0.2) is 54.6 Å². The van der Waals surface area contributed by atoms with Gasteiger partial charge < -0.3 is 14.9 Å². The first kappa shape index (κ1) is 17.0. The maximum absolute atomic E-state index is 11.9. The predicted molar refractivity (Wildman–Crippen MR) is 85.6 cm³/mol. The molecular formula is C18H14O6. The number of carboxylic acid groups (broad SMARTS) is 1. The Kier molecular flexibility index (Phi) is 5.46. The van der Waals surface area contributed by atoms with Crippen LogP contribution in [0.3, 0.4) is 0 Å². The molecule has 2 N–H and O–H groups in total. The molecule has 0 bridgehead atoms. The molecule has 0 aliphatic rings. The zero-order valence-corrected chi connectivity index (χ0v) is 12.5. The summed E-state index contributed by atoms with van der Waals surface area (Å²) in [6.07, 6.45) is 2.06. The molecule has 2 rings (SSSR count). The second-order valence-corrected chi connectivity index (χ2v) is 4.87. The lowest BCUT2D eigenvalue weighted by molar-refractivity contribution is -0.146. The Morgan fingerprint density at radius 1 is 1.04 bits per heavy atom. The highest BCUT2D eigenvalue weighted by Gasteiger charge is 2.18. The Morgan fingerprint density at radius 2 is 1.75 bits per heavy atom. The number of ether oxygens (including phenoxy) is 1. The van der Waals surface area contributed by atoms with Crippen molar-refractivity contribution in [2.24, 2.45) is 0 Å². The maximum Gasteiger partial charge on any atom is 0.380 e. The lowest BCUT2D eigenvalue weighted by Crippen LogP contribution is -2.22. The van der Waals surface area contributed by atoms with E-state index >= 15 is 0 Å². The van der Waals surface area contributed by atoms with E-state index in [4.69, 9.17) is 9.84 Å². The Labute approximate surface area is 137 Å². The SMILES string of the molecule is O=C(O)C=Cc1ccc(O)c(OC(=O)C(=O)Cc2ccccc2)c1. The molecule has 0 aliphatic heterocycles. The number of ketones is 1. The minimum Gasteiger partial charge on any atom is -0.504 e. The van der Waals surface area contributed by atoms with E-state index in [1.165, 1.54) is 24.3 Å². The summed E-state index contributed by atoms with van der Waals surface area (Å²) in [6, 6.07) is 12.7. The minimum atomic E-state index is -1.14. The van der Waals surface area contributed by atoms with Crippen LogP contribution in [0, 0.1) is 0 Å². The average Bonchev–Trinajstić information content (AvgIpc) is 2.56. The molecule has 6 heteroatoms. The maximum atomic E-state index is 11.9. The molecule has 6 nitrogen and oxygen atoms in total. The van der Waals surface area contributed by atoms with Gasteiger partial charge >= 0.3 is 11.9 Å². The van der Waals surface area contributed by atoms with Gasteiger partial charge in [-0.25, -0.2) is 9.59 Å². The van der Waals surface area contributed by atoms with Crippen LogP contribution in [-0.2, 0) is 20.8 Å². The van der Waals surface area contributed by atoms with Gasteiger partial charge in [0.25, 0.3) is 0 Å². The van der Waals surface area contributed by atoms with E-state index in [1.807, 2.05) is 0 Å². The van der Waals surface area contributed by atoms with Gasteiger partial charge in [-0.15, -0.1) is 0 Å². The number of rotatable bonds is 6. The van der Waals surface area contributed by atoms with Gasteiger partial charge in [0, 0.05) is 12.5 Å². The second kappa shape index (κ2) is 7.73. The Morgan fingerprint density at radius 3 is 2.42 bits per heavy atom. The number of aliphatic carboxylic acids is 1. The van der Waals surface area contributed by atoms with Gasteiger partial charge in [0.15, 0.2) is 11.5 Å². The third-order valence-corrected chi connectivity index (χ3v) is 3.04. The van der Waals surface area contributed by atoms with Gasteiger partial charge in [-0.2, -0.15) is 0 Å². The molecule has 0 heterocycles. The third kappa shape index (κ3) is 4.81. The van der Waals surface area contributed by atoms with E-state index in [2.05, 4.69) is 0 Å². The number of aromatic hydroxyl groups is 1. The molecule has 0 fully saturated rings. The first-order chi connectivity index (χ1) is 11.5. The van der Waals surface area contributed by atoms with Crippen LogP contribution in [-0.4, -0.2) is 27.9 Å². The van der Waals surface area contributed by atoms with Crippen LogP contribution >= 0.6 is 0 Å². The molecule has 0 aliphatic carbocycles. The van der Waals surface area contributed by atoms with Crippen LogP contribution in [0.25, 0.3) is 6.08 Å². The number of carbonyl (C=O) groups is 3. The molecular weight excluding hydrogens is 312 g/mol. The summed E-state index contributed by atoms with van der Waals surface area (Å²) >= 11 is 0. The highest BCUT2D eigenvalue weighted by molar-refractivity contribution is 6.34. The Hall–Kier alpha value is -3.41. The van der Waals surface area contributed by atoms with Gasteiger partial charge in [0.05, 0.1) is 0 Å². The van der Waals surface area contributed by atoms with Crippen molar-refractivity contribution >= 4 is 23.8 Å². The predicted octanol–water partition coefficient (Wildman–Crippen LogP) is 2.21. The quantitative estimate of drug-likeness (QED) is 0.365. The first-order valence-corrected chi connectivity index (χ1v) is 6.98. The zero-order chi connectivity index (χ0) is 17.5. The number of carbonyl (C=O) groups excluding carboxylic acids is 2. The van der Waals surface area contributed by atoms with E-state index < -0.39 is 17.7 Å². The molecule has 0 spiro atoms. The molecule has 2 aromatic carbocycles. The third-order valence-electron chi connectivity index (χ3n) is 3.04.